The topological polar surface area (TPSA) is 108 Å². The van der Waals surface area contributed by atoms with Gasteiger partial charge in [0.25, 0.3) is 5.69 Å². The van der Waals surface area contributed by atoms with Crippen LogP contribution in [0, 0.1) is 10.1 Å². The zero-order valence-electron chi connectivity index (χ0n) is 7.70. The Morgan fingerprint density at radius 1 is 1.40 bits per heavy atom. The standard InChI is InChI=1S/C7H10N4O2.2ClH/c8-7(9)3-5-1-2-6(4-10-5)11(12)13;;/h1-2,4,7H,3,8-9H2;2*1H. The molecule has 0 aliphatic heterocycles. The van der Waals surface area contributed by atoms with Crippen molar-refractivity contribution in [2.45, 2.75) is 12.6 Å². The Hall–Kier alpha value is -0.950. The van der Waals surface area contributed by atoms with E-state index in [1.54, 1.807) is 6.07 Å². The summed E-state index contributed by atoms with van der Waals surface area (Å²) in [6.45, 7) is 0. The Bertz CT molecular complexity index is 304. The molecule has 0 radical (unpaired) electrons. The molecular formula is C7H12Cl2N4O2. The number of hydrogen-bond donors (Lipinski definition) is 2. The van der Waals surface area contributed by atoms with Crippen LogP contribution in [0.4, 0.5) is 5.69 Å². The number of hydrogen-bond acceptors (Lipinski definition) is 5. The lowest BCUT2D eigenvalue weighted by molar-refractivity contribution is -0.385. The molecule has 0 saturated heterocycles. The Morgan fingerprint density at radius 2 is 2.00 bits per heavy atom. The Kier molecular flexibility index (Phi) is 8.08. The molecule has 1 aromatic heterocycles. The lowest BCUT2D eigenvalue weighted by Gasteiger charge is -2.02. The van der Waals surface area contributed by atoms with Gasteiger partial charge in [-0.05, 0) is 6.07 Å². The molecule has 1 heterocycles. The average Bonchev–Trinajstić information content (AvgIpc) is 2.04. The fourth-order valence-electron chi connectivity index (χ4n) is 0.887. The molecule has 0 aliphatic carbocycles. The maximum absolute atomic E-state index is 10.3. The van der Waals surface area contributed by atoms with Crippen molar-refractivity contribution in [3.63, 3.8) is 0 Å². The fraction of sp³-hybridized carbons (Fsp3) is 0.286. The minimum absolute atomic E-state index is 0. The van der Waals surface area contributed by atoms with Crippen molar-refractivity contribution >= 4 is 30.5 Å². The van der Waals surface area contributed by atoms with Crippen molar-refractivity contribution in [1.82, 2.24) is 4.98 Å². The molecule has 0 spiro atoms. The summed E-state index contributed by atoms with van der Waals surface area (Å²) in [7, 11) is 0. The molecule has 4 N–H and O–H groups in total. The number of halogens is 2. The first-order valence-corrected chi connectivity index (χ1v) is 3.70. The summed E-state index contributed by atoms with van der Waals surface area (Å²) in [4.78, 5) is 13.6. The van der Waals surface area contributed by atoms with E-state index in [9.17, 15) is 10.1 Å². The van der Waals surface area contributed by atoms with E-state index >= 15 is 0 Å². The molecule has 86 valence electrons. The van der Waals surface area contributed by atoms with Crippen molar-refractivity contribution in [1.29, 1.82) is 0 Å². The van der Waals surface area contributed by atoms with Crippen LogP contribution in [0.5, 0.6) is 0 Å². The minimum Gasteiger partial charge on any atom is -0.316 e. The van der Waals surface area contributed by atoms with E-state index in [2.05, 4.69) is 4.98 Å². The second-order valence-corrected chi connectivity index (χ2v) is 2.63. The van der Waals surface area contributed by atoms with Crippen LogP contribution in [0.25, 0.3) is 0 Å². The summed E-state index contributed by atoms with van der Waals surface area (Å²) in [5.41, 5.74) is 11.3. The Morgan fingerprint density at radius 3 is 2.33 bits per heavy atom. The molecule has 0 amide bonds. The molecule has 0 unspecified atom stereocenters. The molecule has 8 heteroatoms. The molecular weight excluding hydrogens is 243 g/mol. The molecule has 0 aromatic carbocycles. The Labute approximate surface area is 99.0 Å². The number of aromatic nitrogens is 1. The van der Waals surface area contributed by atoms with Gasteiger partial charge in [0.15, 0.2) is 0 Å². The van der Waals surface area contributed by atoms with Gasteiger partial charge in [-0.15, -0.1) is 24.8 Å². The van der Waals surface area contributed by atoms with Crippen LogP contribution in [0.2, 0.25) is 0 Å². The number of nitrogens with zero attached hydrogens (tertiary/aromatic N) is 2. The molecule has 15 heavy (non-hydrogen) atoms. The van der Waals surface area contributed by atoms with E-state index in [1.807, 2.05) is 0 Å². The van der Waals surface area contributed by atoms with Gasteiger partial charge in [0.05, 0.1) is 11.1 Å². The monoisotopic (exact) mass is 254 g/mol. The highest BCUT2D eigenvalue weighted by Crippen LogP contribution is 2.08. The quantitative estimate of drug-likeness (QED) is 0.467. The number of pyridine rings is 1. The predicted molar refractivity (Wildman–Crippen MR) is 61.3 cm³/mol. The summed E-state index contributed by atoms with van der Waals surface area (Å²) in [5.74, 6) is 0. The third kappa shape index (κ3) is 5.48. The SMILES string of the molecule is Cl.Cl.NC(N)Cc1ccc([N+](=O)[O-])cn1. The maximum atomic E-state index is 10.3. The maximum Gasteiger partial charge on any atom is 0.287 e. The largest absolute Gasteiger partial charge is 0.316 e. The van der Waals surface area contributed by atoms with Gasteiger partial charge in [0, 0.05) is 18.2 Å². The van der Waals surface area contributed by atoms with Crippen LogP contribution in [0.15, 0.2) is 18.3 Å². The van der Waals surface area contributed by atoms with E-state index in [4.69, 9.17) is 11.5 Å². The molecule has 0 saturated carbocycles. The van der Waals surface area contributed by atoms with Gasteiger partial charge in [-0.1, -0.05) is 0 Å². The predicted octanol–water partition coefficient (Wildman–Crippen LogP) is 0.619. The first kappa shape index (κ1) is 16.5. The van der Waals surface area contributed by atoms with Crippen LogP contribution >= 0.6 is 24.8 Å². The second-order valence-electron chi connectivity index (χ2n) is 2.63. The van der Waals surface area contributed by atoms with Gasteiger partial charge < -0.3 is 11.5 Å². The van der Waals surface area contributed by atoms with Crippen LogP contribution in [-0.4, -0.2) is 16.1 Å². The zero-order valence-corrected chi connectivity index (χ0v) is 9.33. The van der Waals surface area contributed by atoms with Gasteiger partial charge in [0.2, 0.25) is 0 Å². The lowest BCUT2D eigenvalue weighted by Crippen LogP contribution is -2.32. The highest BCUT2D eigenvalue weighted by atomic mass is 35.5. The molecule has 0 fully saturated rings. The van der Waals surface area contributed by atoms with E-state index in [1.165, 1.54) is 12.3 Å². The van der Waals surface area contributed by atoms with Crippen molar-refractivity contribution in [3.8, 4) is 0 Å². The molecule has 1 aromatic rings. The van der Waals surface area contributed by atoms with E-state index in [0.717, 1.165) is 0 Å². The summed E-state index contributed by atoms with van der Waals surface area (Å²) >= 11 is 0. The second kappa shape index (κ2) is 7.36. The molecule has 1 rings (SSSR count). The number of nitro groups is 1. The van der Waals surface area contributed by atoms with E-state index in [0.29, 0.717) is 12.1 Å². The molecule has 0 bridgehead atoms. The summed E-state index contributed by atoms with van der Waals surface area (Å²) in [5, 5.41) is 10.3. The number of rotatable bonds is 3. The Balaban J connectivity index is 0. The first-order valence-electron chi connectivity index (χ1n) is 3.70. The molecule has 0 aliphatic rings. The number of nitrogens with two attached hydrogens (primary N) is 2. The highest BCUT2D eigenvalue weighted by Gasteiger charge is 2.05. The third-order valence-electron chi connectivity index (χ3n) is 1.46. The van der Waals surface area contributed by atoms with Crippen LogP contribution in [0.1, 0.15) is 5.69 Å². The van der Waals surface area contributed by atoms with Crippen LogP contribution in [0.3, 0.4) is 0 Å². The van der Waals surface area contributed by atoms with Gasteiger partial charge >= 0.3 is 0 Å². The van der Waals surface area contributed by atoms with Gasteiger partial charge in [-0.2, -0.15) is 0 Å². The van der Waals surface area contributed by atoms with Crippen LogP contribution < -0.4 is 11.5 Å². The molecule has 6 nitrogen and oxygen atoms in total. The van der Waals surface area contributed by atoms with E-state index < -0.39 is 11.1 Å². The van der Waals surface area contributed by atoms with Gasteiger partial charge in [-0.3, -0.25) is 15.1 Å². The summed E-state index contributed by atoms with van der Waals surface area (Å²) < 4.78 is 0. The fourth-order valence-corrected chi connectivity index (χ4v) is 0.887. The van der Waals surface area contributed by atoms with Crippen LogP contribution in [-0.2, 0) is 6.42 Å². The van der Waals surface area contributed by atoms with Crippen molar-refractivity contribution < 1.29 is 4.92 Å². The van der Waals surface area contributed by atoms with Gasteiger partial charge in [-0.25, -0.2) is 0 Å². The minimum atomic E-state index is -0.501. The lowest BCUT2D eigenvalue weighted by atomic mass is 10.2. The summed E-state index contributed by atoms with van der Waals surface area (Å²) in [6, 6.07) is 2.93. The van der Waals surface area contributed by atoms with Crippen molar-refractivity contribution in [3.05, 3.63) is 34.1 Å². The van der Waals surface area contributed by atoms with Crippen molar-refractivity contribution in [2.24, 2.45) is 11.5 Å². The van der Waals surface area contributed by atoms with Gasteiger partial charge in [0.1, 0.15) is 6.20 Å². The zero-order chi connectivity index (χ0) is 9.84. The smallest absolute Gasteiger partial charge is 0.287 e. The summed E-state index contributed by atoms with van der Waals surface area (Å²) in [6.07, 6.45) is 1.13. The third-order valence-corrected chi connectivity index (χ3v) is 1.46. The molecule has 0 atom stereocenters. The normalized spacial score (nSPS) is 9.00. The van der Waals surface area contributed by atoms with E-state index in [-0.39, 0.29) is 30.5 Å². The average molecular weight is 255 g/mol. The van der Waals surface area contributed by atoms with Crippen molar-refractivity contribution in [2.75, 3.05) is 0 Å². The first-order chi connectivity index (χ1) is 6.09. The highest BCUT2D eigenvalue weighted by molar-refractivity contribution is 5.85.